The van der Waals surface area contributed by atoms with E-state index < -0.39 is 5.60 Å². The lowest BCUT2D eigenvalue weighted by molar-refractivity contribution is 0.0220. The Morgan fingerprint density at radius 3 is 2.30 bits per heavy atom. The number of hydrogen-bond acceptors (Lipinski definition) is 5. The Morgan fingerprint density at radius 2 is 1.65 bits per heavy atom. The summed E-state index contributed by atoms with van der Waals surface area (Å²) in [4.78, 5) is 36.5. The van der Waals surface area contributed by atoms with E-state index in [4.69, 9.17) is 4.74 Å². The number of piperidine rings is 2. The van der Waals surface area contributed by atoms with Crippen molar-refractivity contribution in [2.24, 2.45) is 5.41 Å². The number of carbonyl (C=O) groups excluding carboxylic acids is 2. The summed E-state index contributed by atoms with van der Waals surface area (Å²) in [7, 11) is 1.80. The fourth-order valence-corrected chi connectivity index (χ4v) is 6.24. The van der Waals surface area contributed by atoms with Crippen molar-refractivity contribution < 1.29 is 14.3 Å². The maximum atomic E-state index is 13.5. The molecule has 2 fully saturated rings. The zero-order valence-corrected chi connectivity index (χ0v) is 22.7. The van der Waals surface area contributed by atoms with Crippen molar-refractivity contribution in [1.29, 1.82) is 0 Å². The van der Waals surface area contributed by atoms with Crippen LogP contribution >= 0.6 is 0 Å². The van der Waals surface area contributed by atoms with Crippen molar-refractivity contribution in [3.63, 3.8) is 0 Å². The number of fused-ring (bicyclic) bond motifs is 1. The molecule has 1 aromatic carbocycles. The molecular formula is C30H40N4O3. The SMILES string of the molecule is CN(C(=O)OC(C)(C)C)C1CCc2ccc(C(=O)N3CCC4(CC3)CCN(c3ccncc3)CC4)cc21. The lowest BCUT2D eigenvalue weighted by atomic mass is 9.71. The van der Waals surface area contributed by atoms with E-state index in [1.165, 1.54) is 24.1 Å². The molecule has 5 rings (SSSR count). The van der Waals surface area contributed by atoms with E-state index in [-0.39, 0.29) is 18.0 Å². The van der Waals surface area contributed by atoms with Gasteiger partial charge < -0.3 is 19.4 Å². The van der Waals surface area contributed by atoms with Gasteiger partial charge in [-0.2, -0.15) is 0 Å². The average Bonchev–Trinajstić information content (AvgIpc) is 3.31. The summed E-state index contributed by atoms with van der Waals surface area (Å²) in [5.74, 6) is 0.109. The van der Waals surface area contributed by atoms with Gasteiger partial charge in [-0.25, -0.2) is 4.79 Å². The third-order valence-corrected chi connectivity index (χ3v) is 8.55. The first kappa shape index (κ1) is 25.6. The smallest absolute Gasteiger partial charge is 0.410 e. The summed E-state index contributed by atoms with van der Waals surface area (Å²) in [6, 6.07) is 10.2. The maximum absolute atomic E-state index is 13.5. The first-order valence-corrected chi connectivity index (χ1v) is 13.7. The minimum atomic E-state index is -0.536. The van der Waals surface area contributed by atoms with Gasteiger partial charge in [0.2, 0.25) is 0 Å². The summed E-state index contributed by atoms with van der Waals surface area (Å²) in [6.07, 6.45) is 9.65. The van der Waals surface area contributed by atoms with Crippen LogP contribution in [0.4, 0.5) is 10.5 Å². The molecule has 1 unspecified atom stereocenters. The normalized spacial score (nSPS) is 21.0. The largest absolute Gasteiger partial charge is 0.444 e. The summed E-state index contributed by atoms with van der Waals surface area (Å²) in [5, 5.41) is 0. The second-order valence-corrected chi connectivity index (χ2v) is 12.0. The number of hydrogen-bond donors (Lipinski definition) is 0. The second-order valence-electron chi connectivity index (χ2n) is 12.0. The van der Waals surface area contributed by atoms with Crippen LogP contribution in [0, 0.1) is 5.41 Å². The Labute approximate surface area is 220 Å². The van der Waals surface area contributed by atoms with E-state index in [0.717, 1.165) is 63.0 Å². The minimum Gasteiger partial charge on any atom is -0.444 e. The predicted octanol–water partition coefficient (Wildman–Crippen LogP) is 5.46. The quantitative estimate of drug-likeness (QED) is 0.555. The highest BCUT2D eigenvalue weighted by Crippen LogP contribution is 2.42. The van der Waals surface area contributed by atoms with Crippen molar-refractivity contribution in [3.8, 4) is 0 Å². The van der Waals surface area contributed by atoms with E-state index in [1.54, 1.807) is 11.9 Å². The van der Waals surface area contributed by atoms with Crippen molar-refractivity contribution in [3.05, 3.63) is 59.4 Å². The molecule has 37 heavy (non-hydrogen) atoms. The van der Waals surface area contributed by atoms with Gasteiger partial charge in [0.15, 0.2) is 0 Å². The molecule has 0 radical (unpaired) electrons. The van der Waals surface area contributed by atoms with Gasteiger partial charge in [0.1, 0.15) is 5.60 Å². The van der Waals surface area contributed by atoms with Gasteiger partial charge >= 0.3 is 6.09 Å². The van der Waals surface area contributed by atoms with E-state index >= 15 is 0 Å². The van der Waals surface area contributed by atoms with Crippen molar-refractivity contribution in [2.75, 3.05) is 38.1 Å². The molecule has 7 heteroatoms. The highest BCUT2D eigenvalue weighted by atomic mass is 16.6. The lowest BCUT2D eigenvalue weighted by Gasteiger charge is -2.47. The van der Waals surface area contributed by atoms with Gasteiger partial charge in [0.05, 0.1) is 6.04 Å². The summed E-state index contributed by atoms with van der Waals surface area (Å²) >= 11 is 0. The van der Waals surface area contributed by atoms with Crippen LogP contribution in [0.25, 0.3) is 0 Å². The number of aryl methyl sites for hydroxylation is 1. The average molecular weight is 505 g/mol. The van der Waals surface area contributed by atoms with E-state index in [1.807, 2.05) is 50.2 Å². The number of ether oxygens (including phenoxy) is 1. The standard InChI is InChI=1S/C30H40N4O3/c1-29(2,3)37-28(36)32(4)26-8-7-22-5-6-23(21-25(22)26)27(35)34-19-13-30(14-20-34)11-17-33(18-12-30)24-9-15-31-16-10-24/h5-6,9-10,15-16,21,26H,7-8,11-14,17-20H2,1-4H3. The number of anilines is 1. The summed E-state index contributed by atoms with van der Waals surface area (Å²) < 4.78 is 5.59. The van der Waals surface area contributed by atoms with E-state index in [9.17, 15) is 9.59 Å². The molecule has 2 amide bonds. The molecule has 198 valence electrons. The van der Waals surface area contributed by atoms with Gasteiger partial charge in [-0.15, -0.1) is 0 Å². The third-order valence-electron chi connectivity index (χ3n) is 8.55. The number of rotatable bonds is 3. The monoisotopic (exact) mass is 504 g/mol. The summed E-state index contributed by atoms with van der Waals surface area (Å²) in [5.41, 5.74) is 4.09. The molecular weight excluding hydrogens is 464 g/mol. The Morgan fingerprint density at radius 1 is 1.00 bits per heavy atom. The zero-order chi connectivity index (χ0) is 26.2. The minimum absolute atomic E-state index is 0.0622. The Bertz CT molecular complexity index is 1130. The number of likely N-dealkylation sites (tertiary alicyclic amines) is 1. The van der Waals surface area contributed by atoms with Gasteiger partial charge in [-0.05, 0) is 100 Å². The summed E-state index contributed by atoms with van der Waals surface area (Å²) in [6.45, 7) is 9.39. The molecule has 0 N–H and O–H groups in total. The maximum Gasteiger partial charge on any atom is 0.410 e. The number of amides is 2. The Kier molecular flexibility index (Phi) is 6.90. The molecule has 2 saturated heterocycles. The fourth-order valence-electron chi connectivity index (χ4n) is 6.24. The molecule has 1 aliphatic carbocycles. The highest BCUT2D eigenvalue weighted by Gasteiger charge is 2.39. The molecule has 0 saturated carbocycles. The molecule has 7 nitrogen and oxygen atoms in total. The number of aromatic nitrogens is 1. The van der Waals surface area contributed by atoms with E-state index in [2.05, 4.69) is 28.1 Å². The predicted molar refractivity (Wildman–Crippen MR) is 145 cm³/mol. The van der Waals surface area contributed by atoms with Crippen LogP contribution in [-0.4, -0.2) is 65.6 Å². The van der Waals surface area contributed by atoms with Crippen LogP contribution in [0.1, 0.15) is 80.4 Å². The first-order chi connectivity index (χ1) is 17.6. The molecule has 1 aromatic heterocycles. The van der Waals surface area contributed by atoms with Crippen molar-refractivity contribution in [2.45, 2.75) is 70.9 Å². The number of pyridine rings is 1. The molecule has 0 bridgehead atoms. The van der Waals surface area contributed by atoms with Gasteiger partial charge in [0.25, 0.3) is 5.91 Å². The molecule has 2 aromatic rings. The molecule has 2 aliphatic heterocycles. The molecule has 3 aliphatic rings. The van der Waals surface area contributed by atoms with Gasteiger partial charge in [-0.3, -0.25) is 9.78 Å². The first-order valence-electron chi connectivity index (χ1n) is 13.7. The zero-order valence-electron chi connectivity index (χ0n) is 22.7. The van der Waals surface area contributed by atoms with Crippen LogP contribution in [0.15, 0.2) is 42.7 Å². The van der Waals surface area contributed by atoms with Crippen LogP contribution in [0.3, 0.4) is 0 Å². The molecule has 1 spiro atoms. The Hall–Kier alpha value is -3.09. The number of benzene rings is 1. The number of carbonyl (C=O) groups is 2. The second kappa shape index (κ2) is 9.99. The van der Waals surface area contributed by atoms with Gasteiger partial charge in [-0.1, -0.05) is 6.07 Å². The molecule has 1 atom stereocenters. The molecule has 3 heterocycles. The van der Waals surface area contributed by atoms with Crippen LogP contribution in [0.5, 0.6) is 0 Å². The van der Waals surface area contributed by atoms with Crippen molar-refractivity contribution >= 4 is 17.7 Å². The third kappa shape index (κ3) is 5.46. The van der Waals surface area contributed by atoms with Crippen molar-refractivity contribution in [1.82, 2.24) is 14.8 Å². The Balaban J connectivity index is 1.20. The highest BCUT2D eigenvalue weighted by molar-refractivity contribution is 5.94. The van der Waals surface area contributed by atoms with E-state index in [0.29, 0.717) is 5.41 Å². The van der Waals surface area contributed by atoms with Crippen LogP contribution in [-0.2, 0) is 11.2 Å². The lowest BCUT2D eigenvalue weighted by Crippen LogP contribution is -2.48. The fraction of sp³-hybridized carbons (Fsp3) is 0.567. The van der Waals surface area contributed by atoms with Gasteiger partial charge in [0, 0.05) is 56.9 Å². The van der Waals surface area contributed by atoms with Crippen LogP contribution in [0.2, 0.25) is 0 Å². The topological polar surface area (TPSA) is 66.0 Å². The number of nitrogens with zero attached hydrogens (tertiary/aromatic N) is 4. The van der Waals surface area contributed by atoms with Crippen LogP contribution < -0.4 is 4.90 Å².